The molecule has 0 radical (unpaired) electrons. The number of aliphatic hydroxyl groups excluding tert-OH is 1. The first-order chi connectivity index (χ1) is 18.0. The van der Waals surface area contributed by atoms with Crippen molar-refractivity contribution in [3.05, 3.63) is 89.2 Å². The normalized spacial score (nSPS) is 13.2. The van der Waals surface area contributed by atoms with Crippen LogP contribution in [-0.2, 0) is 19.3 Å². The maximum Gasteiger partial charge on any atom is 0.573 e. The fraction of sp³-hybridized carbons (Fsp3) is 0.280. The van der Waals surface area contributed by atoms with E-state index in [9.17, 15) is 49.0 Å². The van der Waals surface area contributed by atoms with Gasteiger partial charge in [0.15, 0.2) is 6.10 Å². The Balaban J connectivity index is 1.86. The largest absolute Gasteiger partial charge is 0.573 e. The van der Waals surface area contributed by atoms with E-state index in [1.807, 2.05) is 0 Å². The third-order valence-corrected chi connectivity index (χ3v) is 5.23. The molecule has 0 amide bonds. The molecule has 1 unspecified atom stereocenters. The van der Waals surface area contributed by atoms with Gasteiger partial charge in [0.1, 0.15) is 23.9 Å². The van der Waals surface area contributed by atoms with Crippen molar-refractivity contribution in [2.75, 3.05) is 11.4 Å². The molecule has 4 nitrogen and oxygen atoms in total. The number of hydrogen-bond donors (Lipinski definition) is 1. The summed E-state index contributed by atoms with van der Waals surface area (Å²) in [5, 5.41) is 9.61. The summed E-state index contributed by atoms with van der Waals surface area (Å²) in [5.74, 6) is -1.60. The van der Waals surface area contributed by atoms with E-state index in [2.05, 4.69) is 4.74 Å². The van der Waals surface area contributed by atoms with Crippen molar-refractivity contribution in [2.45, 2.75) is 38.0 Å². The molecule has 212 valence electrons. The second-order valence-electron chi connectivity index (χ2n) is 8.22. The van der Waals surface area contributed by atoms with Gasteiger partial charge < -0.3 is 19.5 Å². The van der Waals surface area contributed by atoms with Crippen LogP contribution < -0.4 is 14.4 Å². The summed E-state index contributed by atoms with van der Waals surface area (Å²) >= 11 is 0. The summed E-state index contributed by atoms with van der Waals surface area (Å²) in [6, 6.07) is 11.4. The molecule has 3 aromatic carbocycles. The summed E-state index contributed by atoms with van der Waals surface area (Å²) in [6.45, 7) is -2.21. The smallest absolute Gasteiger partial charge is 0.489 e. The fourth-order valence-electron chi connectivity index (χ4n) is 3.42. The lowest BCUT2D eigenvalue weighted by Gasteiger charge is -2.29. The van der Waals surface area contributed by atoms with Crippen molar-refractivity contribution in [1.82, 2.24) is 0 Å². The van der Waals surface area contributed by atoms with Crippen LogP contribution in [0.4, 0.5) is 49.6 Å². The Hall–Kier alpha value is -3.68. The van der Waals surface area contributed by atoms with E-state index in [0.717, 1.165) is 17.0 Å². The summed E-state index contributed by atoms with van der Waals surface area (Å²) in [4.78, 5) is 0.821. The van der Waals surface area contributed by atoms with Crippen molar-refractivity contribution in [1.29, 1.82) is 0 Å². The van der Waals surface area contributed by atoms with Crippen LogP contribution in [-0.4, -0.2) is 30.3 Å². The Morgan fingerprint density at radius 3 is 2.10 bits per heavy atom. The number of benzene rings is 3. The fourth-order valence-corrected chi connectivity index (χ4v) is 3.42. The van der Waals surface area contributed by atoms with Gasteiger partial charge >= 0.3 is 18.7 Å². The Bertz CT molecular complexity index is 1260. The highest BCUT2D eigenvalue weighted by atomic mass is 19.4. The number of nitrogens with zero attached hydrogens (tertiary/aromatic N) is 1. The highest BCUT2D eigenvalue weighted by molar-refractivity contribution is 5.52. The van der Waals surface area contributed by atoms with Crippen LogP contribution in [0.15, 0.2) is 66.7 Å². The van der Waals surface area contributed by atoms with Gasteiger partial charge in [-0.1, -0.05) is 18.2 Å². The second kappa shape index (κ2) is 11.6. The van der Waals surface area contributed by atoms with Crippen LogP contribution in [0.2, 0.25) is 0 Å². The number of hydrogen-bond acceptors (Lipinski definition) is 4. The van der Waals surface area contributed by atoms with Gasteiger partial charge in [-0.25, -0.2) is 4.39 Å². The van der Waals surface area contributed by atoms with Gasteiger partial charge in [0.2, 0.25) is 0 Å². The predicted molar refractivity (Wildman–Crippen MR) is 118 cm³/mol. The van der Waals surface area contributed by atoms with Gasteiger partial charge in [0, 0.05) is 23.9 Å². The van der Waals surface area contributed by atoms with Crippen molar-refractivity contribution >= 4 is 5.69 Å². The van der Waals surface area contributed by atoms with Crippen LogP contribution in [0.5, 0.6) is 11.5 Å². The Labute approximate surface area is 215 Å². The minimum absolute atomic E-state index is 0.0191. The number of ether oxygens (including phenoxy) is 2. The quantitative estimate of drug-likeness (QED) is 0.275. The average Bonchev–Trinajstić information content (AvgIpc) is 2.81. The molecule has 0 aromatic heterocycles. The van der Waals surface area contributed by atoms with Crippen LogP contribution >= 0.6 is 0 Å². The first-order valence-electron chi connectivity index (χ1n) is 10.9. The molecule has 0 saturated heterocycles. The first kappa shape index (κ1) is 29.9. The molecule has 3 aromatic rings. The molecule has 39 heavy (non-hydrogen) atoms. The molecule has 0 spiro atoms. The lowest BCUT2D eigenvalue weighted by atomic mass is 10.1. The molecule has 0 aliphatic rings. The van der Waals surface area contributed by atoms with E-state index in [-0.39, 0.29) is 23.6 Å². The zero-order valence-electron chi connectivity index (χ0n) is 19.5. The van der Waals surface area contributed by atoms with Crippen molar-refractivity contribution < 1.29 is 58.5 Å². The highest BCUT2D eigenvalue weighted by Crippen LogP contribution is 2.32. The molecule has 0 heterocycles. The Morgan fingerprint density at radius 2 is 1.46 bits per heavy atom. The third-order valence-electron chi connectivity index (χ3n) is 5.23. The second-order valence-corrected chi connectivity index (χ2v) is 8.22. The molecule has 1 N–H and O–H groups in total. The van der Waals surface area contributed by atoms with Gasteiger partial charge in [-0.05, 0) is 48.0 Å². The Morgan fingerprint density at radius 1 is 0.795 bits per heavy atom. The summed E-state index contributed by atoms with van der Waals surface area (Å²) in [7, 11) is 0. The van der Waals surface area contributed by atoms with E-state index in [0.29, 0.717) is 18.2 Å². The zero-order chi connectivity index (χ0) is 29.0. The van der Waals surface area contributed by atoms with E-state index in [1.54, 1.807) is 0 Å². The molecule has 0 aliphatic heterocycles. The van der Waals surface area contributed by atoms with Gasteiger partial charge in [-0.2, -0.15) is 26.3 Å². The molecule has 14 heteroatoms. The molecule has 0 fully saturated rings. The standard InChI is InChI=1S/C25H19F10NO3/c26-21-8-7-17(23(27,28)29)10-16(21)12-36(13-22(37)24(30,31)32)18-4-2-5-19(11-18)38-14-15-3-1-6-20(9-15)39-25(33,34)35/h1-11,22,37H,12-14H2. The maximum atomic E-state index is 14.3. The van der Waals surface area contributed by atoms with E-state index >= 15 is 0 Å². The minimum atomic E-state index is -5.08. The van der Waals surface area contributed by atoms with Crippen LogP contribution in [0, 0.1) is 5.82 Å². The average molecular weight is 571 g/mol. The summed E-state index contributed by atoms with van der Waals surface area (Å²) in [6.07, 6.45) is -17.8. The van der Waals surface area contributed by atoms with Crippen molar-refractivity contribution in [2.24, 2.45) is 0 Å². The SMILES string of the molecule is OC(CN(Cc1cc(C(F)(F)F)ccc1F)c1cccc(OCc2cccc(OC(F)(F)F)c2)c1)C(F)(F)F. The van der Waals surface area contributed by atoms with E-state index < -0.39 is 60.6 Å². The lowest BCUT2D eigenvalue weighted by molar-refractivity contribution is -0.274. The molecular formula is C25H19F10NO3. The lowest BCUT2D eigenvalue weighted by Crippen LogP contribution is -2.41. The number of halogens is 10. The van der Waals surface area contributed by atoms with Gasteiger partial charge in [0.25, 0.3) is 0 Å². The van der Waals surface area contributed by atoms with Gasteiger partial charge in [-0.3, -0.25) is 0 Å². The zero-order valence-corrected chi connectivity index (χ0v) is 19.5. The topological polar surface area (TPSA) is 41.9 Å². The van der Waals surface area contributed by atoms with Crippen LogP contribution in [0.25, 0.3) is 0 Å². The molecule has 3 rings (SSSR count). The van der Waals surface area contributed by atoms with E-state index in [4.69, 9.17) is 4.74 Å². The Kier molecular flexibility index (Phi) is 8.88. The van der Waals surface area contributed by atoms with Crippen molar-refractivity contribution in [3.8, 4) is 11.5 Å². The highest BCUT2D eigenvalue weighted by Gasteiger charge is 2.39. The van der Waals surface area contributed by atoms with Crippen LogP contribution in [0.3, 0.4) is 0 Å². The molecule has 0 aliphatic carbocycles. The van der Waals surface area contributed by atoms with Gasteiger partial charge in [0.05, 0.1) is 12.1 Å². The molecule has 0 bridgehead atoms. The number of aliphatic hydroxyl groups is 1. The predicted octanol–water partition coefficient (Wildman–Crippen LogP) is 7.25. The monoisotopic (exact) mass is 571 g/mol. The first-order valence-corrected chi connectivity index (χ1v) is 10.9. The molecule has 0 saturated carbocycles. The van der Waals surface area contributed by atoms with Crippen LogP contribution in [0.1, 0.15) is 16.7 Å². The number of alkyl halides is 9. The summed E-state index contributed by atoms with van der Waals surface area (Å²) in [5.41, 5.74) is -1.62. The van der Waals surface area contributed by atoms with Crippen molar-refractivity contribution in [3.63, 3.8) is 0 Å². The number of anilines is 1. The number of rotatable bonds is 9. The summed E-state index contributed by atoms with van der Waals surface area (Å²) < 4.78 is 140. The minimum Gasteiger partial charge on any atom is -0.489 e. The molecule has 1 atom stereocenters. The van der Waals surface area contributed by atoms with E-state index in [1.165, 1.54) is 36.4 Å². The third kappa shape index (κ3) is 8.94. The van der Waals surface area contributed by atoms with Gasteiger partial charge in [-0.15, -0.1) is 13.2 Å². The molecular weight excluding hydrogens is 552 g/mol. The maximum absolute atomic E-state index is 14.3.